The number of fused-ring (bicyclic) bond motifs is 3. The average molecular weight is 462 g/mol. The van der Waals surface area contributed by atoms with Crippen molar-refractivity contribution in [3.8, 4) is 0 Å². The highest BCUT2D eigenvalue weighted by atomic mass is 32.4. The van der Waals surface area contributed by atoms with E-state index in [0.29, 0.717) is 29.7 Å². The van der Waals surface area contributed by atoms with Gasteiger partial charge in [-0.3, -0.25) is 0 Å². The molecule has 1 aromatic carbocycles. The Labute approximate surface area is 192 Å². The summed E-state index contributed by atoms with van der Waals surface area (Å²) < 4.78 is 11.8. The topological polar surface area (TPSA) is 42.7 Å². The quantitative estimate of drug-likeness (QED) is 0.423. The molecule has 0 unspecified atom stereocenters. The van der Waals surface area contributed by atoms with Gasteiger partial charge in [-0.1, -0.05) is 41.5 Å². The number of amides is 1. The van der Waals surface area contributed by atoms with Gasteiger partial charge >= 0.3 is 6.09 Å². The molecule has 0 saturated heterocycles. The van der Waals surface area contributed by atoms with E-state index in [0.717, 1.165) is 17.8 Å². The summed E-state index contributed by atoms with van der Waals surface area (Å²) in [6.45, 7) is 21.2. The Hall–Kier alpha value is -1.40. The standard InChI is InChI=1S/C25H39NO3SSi/c1-16(2)31(17(3)4,18(5)6)30-19-10-11-20-21-12-13-26(24(27)29-25(7,8)9)15-23(21)28-22(20)14-19/h10-11,14,16-18H,12-13,15H2,1-9H3. The summed E-state index contributed by atoms with van der Waals surface area (Å²) in [5.74, 6) is 0.898. The molecule has 2 aromatic rings. The van der Waals surface area contributed by atoms with E-state index in [4.69, 9.17) is 9.15 Å². The second kappa shape index (κ2) is 8.85. The fraction of sp³-hybridized carbons (Fsp3) is 0.640. The van der Waals surface area contributed by atoms with Crippen LogP contribution in [0.5, 0.6) is 0 Å². The molecule has 1 aromatic heterocycles. The minimum atomic E-state index is -1.61. The van der Waals surface area contributed by atoms with Gasteiger partial charge in [0.15, 0.2) is 0 Å². The average Bonchev–Trinajstić information content (AvgIpc) is 3.00. The number of furan rings is 1. The van der Waals surface area contributed by atoms with Crippen molar-refractivity contribution in [1.82, 2.24) is 4.90 Å². The van der Waals surface area contributed by atoms with Crippen molar-refractivity contribution < 1.29 is 13.9 Å². The lowest BCUT2D eigenvalue weighted by Gasteiger charge is -2.42. The van der Waals surface area contributed by atoms with Gasteiger partial charge in [-0.25, -0.2) is 4.79 Å². The number of benzene rings is 1. The van der Waals surface area contributed by atoms with Crippen molar-refractivity contribution in [1.29, 1.82) is 0 Å². The van der Waals surface area contributed by atoms with Gasteiger partial charge in [-0.2, -0.15) is 11.2 Å². The van der Waals surface area contributed by atoms with E-state index in [-0.39, 0.29) is 6.09 Å². The van der Waals surface area contributed by atoms with E-state index in [1.807, 2.05) is 20.8 Å². The molecule has 31 heavy (non-hydrogen) atoms. The first kappa shape index (κ1) is 24.2. The van der Waals surface area contributed by atoms with Crippen LogP contribution in [0.3, 0.4) is 0 Å². The molecule has 0 fully saturated rings. The molecule has 0 spiro atoms. The van der Waals surface area contributed by atoms with Crippen molar-refractivity contribution >= 4 is 35.5 Å². The van der Waals surface area contributed by atoms with Crippen LogP contribution < -0.4 is 0 Å². The molecule has 0 aliphatic carbocycles. The van der Waals surface area contributed by atoms with Gasteiger partial charge in [-0.05, 0) is 62.0 Å². The van der Waals surface area contributed by atoms with Gasteiger partial charge in [-0.15, -0.1) is 0 Å². The molecule has 6 heteroatoms. The summed E-state index contributed by atoms with van der Waals surface area (Å²) in [5, 5.41) is 1.19. The number of hydrogen-bond donors (Lipinski definition) is 0. The molecular weight excluding hydrogens is 422 g/mol. The smallest absolute Gasteiger partial charge is 0.410 e. The number of hydrogen-bond acceptors (Lipinski definition) is 4. The summed E-state index contributed by atoms with van der Waals surface area (Å²) in [6.07, 6.45) is 0.535. The molecule has 0 radical (unpaired) electrons. The number of ether oxygens (including phenoxy) is 1. The Kier molecular flexibility index (Phi) is 6.92. The molecule has 172 valence electrons. The van der Waals surface area contributed by atoms with Gasteiger partial charge in [0.1, 0.15) is 24.2 Å². The third-order valence-corrected chi connectivity index (χ3v) is 18.7. The molecule has 0 bridgehead atoms. The Morgan fingerprint density at radius 1 is 1.10 bits per heavy atom. The number of nitrogens with zero attached hydrogens (tertiary/aromatic N) is 1. The third kappa shape index (κ3) is 4.85. The highest BCUT2D eigenvalue weighted by Gasteiger charge is 2.44. The predicted octanol–water partition coefficient (Wildman–Crippen LogP) is 7.99. The van der Waals surface area contributed by atoms with Gasteiger partial charge in [0.05, 0.1) is 6.54 Å². The zero-order chi connectivity index (χ0) is 23.1. The maximum atomic E-state index is 12.5. The lowest BCUT2D eigenvalue weighted by Crippen LogP contribution is -2.40. The molecule has 3 rings (SSSR count). The van der Waals surface area contributed by atoms with Crippen molar-refractivity contribution in [2.45, 2.75) is 102 Å². The van der Waals surface area contributed by atoms with E-state index in [1.54, 1.807) is 4.90 Å². The zero-order valence-corrected chi connectivity index (χ0v) is 22.5. The van der Waals surface area contributed by atoms with Gasteiger partial charge < -0.3 is 14.1 Å². The van der Waals surface area contributed by atoms with Crippen LogP contribution in [0.15, 0.2) is 27.5 Å². The summed E-state index contributed by atoms with van der Waals surface area (Å²) >= 11 is 2.13. The molecule has 2 heterocycles. The lowest BCUT2D eigenvalue weighted by molar-refractivity contribution is 0.0210. The summed E-state index contributed by atoms with van der Waals surface area (Å²) in [6, 6.07) is 6.73. The van der Waals surface area contributed by atoms with Crippen molar-refractivity contribution in [3.63, 3.8) is 0 Å². The minimum absolute atomic E-state index is 0.267. The summed E-state index contributed by atoms with van der Waals surface area (Å²) in [7, 11) is -1.61. The highest BCUT2D eigenvalue weighted by molar-refractivity contribution is 8.29. The monoisotopic (exact) mass is 461 g/mol. The fourth-order valence-corrected chi connectivity index (χ4v) is 14.3. The molecule has 0 N–H and O–H groups in total. The van der Waals surface area contributed by atoms with E-state index in [9.17, 15) is 4.79 Å². The van der Waals surface area contributed by atoms with E-state index < -0.39 is 12.8 Å². The van der Waals surface area contributed by atoms with Gasteiger partial charge in [0, 0.05) is 22.4 Å². The summed E-state index contributed by atoms with van der Waals surface area (Å²) in [4.78, 5) is 15.6. The molecule has 0 saturated carbocycles. The number of carbonyl (C=O) groups excluding carboxylic acids is 1. The van der Waals surface area contributed by atoms with Crippen molar-refractivity contribution in [2.75, 3.05) is 6.54 Å². The van der Waals surface area contributed by atoms with Crippen LogP contribution >= 0.6 is 11.2 Å². The second-order valence-corrected chi connectivity index (χ2v) is 19.3. The van der Waals surface area contributed by atoms with E-state index in [1.165, 1.54) is 15.8 Å². The zero-order valence-electron chi connectivity index (χ0n) is 20.7. The molecule has 0 atom stereocenters. The Bertz CT molecular complexity index is 920. The normalized spacial score (nSPS) is 15.3. The molecule has 1 amide bonds. The van der Waals surface area contributed by atoms with Gasteiger partial charge in [0.2, 0.25) is 0 Å². The fourth-order valence-electron chi connectivity index (χ4n) is 5.19. The van der Waals surface area contributed by atoms with E-state index >= 15 is 0 Å². The predicted molar refractivity (Wildman–Crippen MR) is 133 cm³/mol. The van der Waals surface area contributed by atoms with E-state index in [2.05, 4.69) is 71.0 Å². The van der Waals surface area contributed by atoms with Crippen molar-refractivity contribution in [3.05, 3.63) is 29.5 Å². The Balaban J connectivity index is 1.88. The van der Waals surface area contributed by atoms with Crippen LogP contribution in [0.1, 0.15) is 73.6 Å². The Morgan fingerprint density at radius 2 is 1.71 bits per heavy atom. The second-order valence-electron chi connectivity index (χ2n) is 10.7. The molecule has 1 aliphatic heterocycles. The van der Waals surface area contributed by atoms with Crippen LogP contribution in [0.25, 0.3) is 11.0 Å². The lowest BCUT2D eigenvalue weighted by atomic mass is 10.0. The number of carbonyl (C=O) groups is 1. The van der Waals surface area contributed by atoms with Crippen LogP contribution in [-0.2, 0) is 17.7 Å². The largest absolute Gasteiger partial charge is 0.459 e. The first-order valence-electron chi connectivity index (χ1n) is 11.6. The molecule has 1 aliphatic rings. The maximum Gasteiger partial charge on any atom is 0.410 e. The summed E-state index contributed by atoms with van der Waals surface area (Å²) in [5.41, 5.74) is 3.78. The minimum Gasteiger partial charge on any atom is -0.459 e. The van der Waals surface area contributed by atoms with Gasteiger partial charge in [0.25, 0.3) is 0 Å². The molecular formula is C25H39NO3SSi. The maximum absolute atomic E-state index is 12.5. The van der Waals surface area contributed by atoms with Crippen LogP contribution in [-0.4, -0.2) is 30.4 Å². The number of rotatable bonds is 5. The van der Waals surface area contributed by atoms with Crippen molar-refractivity contribution in [2.24, 2.45) is 0 Å². The molecule has 4 nitrogen and oxygen atoms in total. The first-order valence-corrected chi connectivity index (χ1v) is 15.3. The van der Waals surface area contributed by atoms with Crippen LogP contribution in [0.4, 0.5) is 4.79 Å². The van der Waals surface area contributed by atoms with Crippen LogP contribution in [0.2, 0.25) is 16.6 Å². The highest BCUT2D eigenvalue weighted by Crippen LogP contribution is 2.52. The SMILES string of the molecule is CC(C)[Si](Sc1ccc2c3c(oc2c1)CN(C(=O)OC(C)(C)C)CC3)(C(C)C)C(C)C. The van der Waals surface area contributed by atoms with Crippen LogP contribution in [0, 0.1) is 0 Å². The Morgan fingerprint density at radius 3 is 2.26 bits per heavy atom. The third-order valence-electron chi connectivity index (χ3n) is 6.47. The first-order chi connectivity index (χ1) is 14.3.